The molecule has 1 fully saturated rings. The summed E-state index contributed by atoms with van der Waals surface area (Å²) in [6.45, 7) is 10.6. The fourth-order valence-electron chi connectivity index (χ4n) is 3.63. The number of rotatable bonds is 15. The quantitative estimate of drug-likeness (QED) is 0.133. The number of hydrogen-bond donors (Lipinski definition) is 0. The Bertz CT molecular complexity index is 650. The molecule has 0 aromatic carbocycles. The highest BCUT2D eigenvalue weighted by Gasteiger charge is 2.51. The molecular weight excluding hydrogens is 496 g/mol. The van der Waals surface area contributed by atoms with Gasteiger partial charge in [0, 0.05) is 27.4 Å². The van der Waals surface area contributed by atoms with Gasteiger partial charge in [-0.1, -0.05) is 6.92 Å². The average Bonchev–Trinajstić information content (AvgIpc) is 2.74. The maximum absolute atomic E-state index is 11.8. The summed E-state index contributed by atoms with van der Waals surface area (Å²) in [6, 6.07) is 1.19. The lowest BCUT2D eigenvalue weighted by Crippen LogP contribution is -2.61. The minimum atomic E-state index is -1.42. The van der Waals surface area contributed by atoms with E-state index in [-0.39, 0.29) is 0 Å². The average molecular weight is 539 g/mol. The Morgan fingerprint density at radius 1 is 0.882 bits per heavy atom. The van der Waals surface area contributed by atoms with Crippen molar-refractivity contribution >= 4 is 48.5 Å². The molecule has 198 valence electrons. The summed E-state index contributed by atoms with van der Waals surface area (Å²) in [5, 5.41) is 0. The van der Waals surface area contributed by atoms with Crippen LogP contribution in [0.5, 0.6) is 0 Å². The van der Waals surface area contributed by atoms with E-state index in [9.17, 15) is 14.4 Å². The van der Waals surface area contributed by atoms with Crippen molar-refractivity contribution in [3.05, 3.63) is 0 Å². The second kappa shape index (κ2) is 15.9. The van der Waals surface area contributed by atoms with Crippen molar-refractivity contribution in [1.29, 1.82) is 0 Å². The Morgan fingerprint density at radius 2 is 1.44 bits per heavy atom. The van der Waals surface area contributed by atoms with Gasteiger partial charge in [0.15, 0.2) is 32.9 Å². The Morgan fingerprint density at radius 3 is 2.00 bits per heavy atom. The van der Waals surface area contributed by atoms with Gasteiger partial charge in [0.1, 0.15) is 16.6 Å². The zero-order valence-corrected chi connectivity index (χ0v) is 25.4. The molecule has 0 amide bonds. The number of hydrogen-bond acceptors (Lipinski definition) is 10. The van der Waals surface area contributed by atoms with Gasteiger partial charge in [0.05, 0.1) is 0 Å². The normalized spacial score (nSPS) is 25.1. The molecule has 2 unspecified atom stereocenters. The third kappa shape index (κ3) is 11.7. The van der Waals surface area contributed by atoms with Gasteiger partial charge in [-0.3, -0.25) is 14.4 Å². The van der Waals surface area contributed by atoms with E-state index in [1.807, 2.05) is 18.7 Å². The van der Waals surface area contributed by atoms with Crippen molar-refractivity contribution in [2.75, 3.05) is 18.1 Å². The predicted molar refractivity (Wildman–Crippen MR) is 136 cm³/mol. The van der Waals surface area contributed by atoms with E-state index in [0.717, 1.165) is 34.8 Å². The van der Waals surface area contributed by atoms with Crippen LogP contribution in [0.4, 0.5) is 0 Å². The van der Waals surface area contributed by atoms with E-state index in [0.29, 0.717) is 13.0 Å². The number of carbonyl (C=O) groups is 3. The number of ether oxygens (including phenoxy) is 5. The Balaban J connectivity index is 2.63. The number of unbranched alkanes of at least 4 members (excludes halogenated alkanes) is 1. The van der Waals surface area contributed by atoms with Crippen molar-refractivity contribution in [2.45, 2.75) is 103 Å². The lowest BCUT2D eigenvalue weighted by Gasteiger charge is -2.44. The summed E-state index contributed by atoms with van der Waals surface area (Å²) >= 11 is 1.93. The molecule has 0 bridgehead atoms. The van der Waals surface area contributed by atoms with Gasteiger partial charge in [-0.25, -0.2) is 0 Å². The maximum atomic E-state index is 11.8. The van der Waals surface area contributed by atoms with Crippen LogP contribution >= 0.6 is 11.8 Å². The van der Waals surface area contributed by atoms with Gasteiger partial charge in [-0.05, 0) is 56.3 Å². The SMILES string of the molecule is CCC1O[C@@H](OCCCCSCCC[Si](C)(C)O[SiH3])C(OC(C)=O)[C@H](OC(C)=O)[C@@H]1OC(C)=O. The highest BCUT2D eigenvalue weighted by molar-refractivity contribution is 7.99. The third-order valence-electron chi connectivity index (χ3n) is 5.48. The Hall–Kier alpha value is -0.926. The molecule has 12 heteroatoms. The van der Waals surface area contributed by atoms with Gasteiger partial charge in [0.25, 0.3) is 0 Å². The summed E-state index contributed by atoms with van der Waals surface area (Å²) in [7, 11) is -0.597. The molecule has 0 saturated carbocycles. The van der Waals surface area contributed by atoms with Crippen LogP contribution < -0.4 is 0 Å². The molecule has 5 atom stereocenters. The fraction of sp³-hybridized carbons (Fsp3) is 0.864. The van der Waals surface area contributed by atoms with Crippen LogP contribution in [0.2, 0.25) is 19.1 Å². The minimum Gasteiger partial charge on any atom is -0.463 e. The molecule has 0 aromatic rings. The lowest BCUT2D eigenvalue weighted by molar-refractivity contribution is -0.304. The molecule has 0 aromatic heterocycles. The molecular formula is C22H42O9SSi2. The molecule has 34 heavy (non-hydrogen) atoms. The molecule has 1 heterocycles. The van der Waals surface area contributed by atoms with E-state index in [1.165, 1.54) is 33.2 Å². The van der Waals surface area contributed by atoms with Crippen LogP contribution in [-0.2, 0) is 42.2 Å². The van der Waals surface area contributed by atoms with Crippen molar-refractivity contribution in [3.8, 4) is 0 Å². The van der Waals surface area contributed by atoms with E-state index in [4.69, 9.17) is 27.8 Å². The van der Waals surface area contributed by atoms with Crippen LogP contribution in [0.1, 0.15) is 53.4 Å². The van der Waals surface area contributed by atoms with Crippen LogP contribution in [0.3, 0.4) is 0 Å². The molecule has 0 radical (unpaired) electrons. The molecule has 0 spiro atoms. The van der Waals surface area contributed by atoms with Gasteiger partial charge < -0.3 is 27.8 Å². The van der Waals surface area contributed by atoms with Crippen molar-refractivity contribution in [1.82, 2.24) is 0 Å². The first kappa shape index (κ1) is 31.1. The Kier molecular flexibility index (Phi) is 14.6. The fourth-order valence-corrected chi connectivity index (χ4v) is 6.69. The molecule has 1 aliphatic rings. The van der Waals surface area contributed by atoms with Crippen molar-refractivity contribution in [3.63, 3.8) is 0 Å². The number of thioether (sulfide) groups is 1. The Labute approximate surface area is 211 Å². The first-order valence-corrected chi connectivity index (χ1v) is 17.0. The third-order valence-corrected chi connectivity index (χ3v) is 12.6. The van der Waals surface area contributed by atoms with Crippen LogP contribution in [0, 0.1) is 0 Å². The molecule has 9 nitrogen and oxygen atoms in total. The summed E-state index contributed by atoms with van der Waals surface area (Å²) in [6.07, 6.45) is -0.996. The highest BCUT2D eigenvalue weighted by atomic mass is 32.2. The minimum absolute atomic E-state index is 0.401. The largest absolute Gasteiger partial charge is 0.463 e. The van der Waals surface area contributed by atoms with Gasteiger partial charge in [0.2, 0.25) is 0 Å². The number of carbonyl (C=O) groups excluding carboxylic acids is 3. The zero-order valence-electron chi connectivity index (χ0n) is 21.6. The van der Waals surface area contributed by atoms with E-state index >= 15 is 0 Å². The van der Waals surface area contributed by atoms with Crippen molar-refractivity contribution < 1.29 is 42.2 Å². The summed E-state index contributed by atoms with van der Waals surface area (Å²) in [5.74, 6) is 0.466. The zero-order chi connectivity index (χ0) is 25.7. The van der Waals surface area contributed by atoms with Crippen LogP contribution in [0.25, 0.3) is 0 Å². The second-order valence-electron chi connectivity index (χ2n) is 8.93. The second-order valence-corrected chi connectivity index (χ2v) is 15.8. The van der Waals surface area contributed by atoms with Gasteiger partial charge in [-0.2, -0.15) is 11.8 Å². The van der Waals surface area contributed by atoms with Gasteiger partial charge in [-0.15, -0.1) is 0 Å². The maximum Gasteiger partial charge on any atom is 0.303 e. The van der Waals surface area contributed by atoms with E-state index in [2.05, 4.69) is 13.1 Å². The summed E-state index contributed by atoms with van der Waals surface area (Å²) < 4.78 is 33.9. The standard InChI is InChI=1S/C22H42O9SSi2/c1-7-18-19(27-15(2)23)20(28-16(3)24)21(29-17(4)25)22(30-18)26-11-8-9-12-32-13-10-14-34(5,6)31-33/h18-22H,7-14H2,1-6,33H3/t18?,19-,20-,21?,22-/m1/s1. The van der Waals surface area contributed by atoms with Crippen LogP contribution in [-0.4, -0.2) is 85.5 Å². The monoisotopic (exact) mass is 538 g/mol. The molecule has 1 saturated heterocycles. The topological polar surface area (TPSA) is 107 Å². The van der Waals surface area contributed by atoms with E-state index in [1.54, 1.807) is 0 Å². The first-order chi connectivity index (χ1) is 16.0. The van der Waals surface area contributed by atoms with E-state index < -0.39 is 56.9 Å². The summed E-state index contributed by atoms with van der Waals surface area (Å²) in [4.78, 5) is 35.2. The molecule has 0 N–H and O–H groups in total. The van der Waals surface area contributed by atoms with Gasteiger partial charge >= 0.3 is 17.9 Å². The lowest BCUT2D eigenvalue weighted by atomic mass is 9.96. The van der Waals surface area contributed by atoms with Crippen molar-refractivity contribution in [2.24, 2.45) is 0 Å². The predicted octanol–water partition coefficient (Wildman–Crippen LogP) is 2.34. The summed E-state index contributed by atoms with van der Waals surface area (Å²) in [5.41, 5.74) is 0. The molecule has 1 aliphatic heterocycles. The van der Waals surface area contributed by atoms with Crippen LogP contribution in [0.15, 0.2) is 0 Å². The molecule has 0 aliphatic carbocycles. The highest BCUT2D eigenvalue weighted by Crippen LogP contribution is 2.31. The smallest absolute Gasteiger partial charge is 0.303 e. The first-order valence-electron chi connectivity index (χ1n) is 11.9. The molecule has 1 rings (SSSR count). The number of esters is 3.